The lowest BCUT2D eigenvalue weighted by atomic mass is 9.80. The Kier molecular flexibility index (Phi) is 4.53. The van der Waals surface area contributed by atoms with E-state index in [9.17, 15) is 13.5 Å². The highest BCUT2D eigenvalue weighted by atomic mass is 32.2. The SMILES string of the molecule is C=C1CCC(CO)(OS(=O)(=O)c2ccc(C)cc2C)c2cccnc21. The maximum atomic E-state index is 12.9. The molecule has 3 rings (SSSR count). The topological polar surface area (TPSA) is 76.5 Å². The Morgan fingerprint density at radius 2 is 2.08 bits per heavy atom. The molecule has 0 radical (unpaired) electrons. The molecular weight excluding hydrogens is 338 g/mol. The van der Waals surface area contributed by atoms with E-state index in [0.29, 0.717) is 29.7 Å². The van der Waals surface area contributed by atoms with Gasteiger partial charge in [0, 0.05) is 11.8 Å². The number of fused-ring (bicyclic) bond motifs is 1. The van der Waals surface area contributed by atoms with Crippen LogP contribution in [0.5, 0.6) is 0 Å². The molecule has 0 saturated carbocycles. The minimum Gasteiger partial charge on any atom is -0.393 e. The van der Waals surface area contributed by atoms with Crippen molar-refractivity contribution in [2.75, 3.05) is 6.61 Å². The summed E-state index contributed by atoms with van der Waals surface area (Å²) >= 11 is 0. The van der Waals surface area contributed by atoms with Gasteiger partial charge in [-0.15, -0.1) is 0 Å². The molecule has 0 saturated heterocycles. The van der Waals surface area contributed by atoms with Crippen LogP contribution in [-0.2, 0) is 19.9 Å². The van der Waals surface area contributed by atoms with Gasteiger partial charge in [0.25, 0.3) is 10.1 Å². The van der Waals surface area contributed by atoms with Gasteiger partial charge >= 0.3 is 0 Å². The molecular formula is C19H21NO4S. The lowest BCUT2D eigenvalue weighted by Crippen LogP contribution is -2.39. The average Bonchev–Trinajstić information content (AvgIpc) is 2.57. The molecule has 2 aromatic rings. The third-order valence-corrected chi connectivity index (χ3v) is 6.12. The van der Waals surface area contributed by atoms with E-state index in [1.165, 1.54) is 6.07 Å². The highest BCUT2D eigenvalue weighted by molar-refractivity contribution is 7.86. The van der Waals surface area contributed by atoms with Gasteiger partial charge in [-0.25, -0.2) is 0 Å². The van der Waals surface area contributed by atoms with Crippen molar-refractivity contribution in [1.29, 1.82) is 0 Å². The van der Waals surface area contributed by atoms with Crippen LogP contribution in [0.2, 0.25) is 0 Å². The number of aryl methyl sites for hydroxylation is 2. The van der Waals surface area contributed by atoms with Gasteiger partial charge in [-0.1, -0.05) is 30.3 Å². The molecule has 1 N–H and O–H groups in total. The molecule has 1 aliphatic carbocycles. The molecule has 1 aromatic carbocycles. The van der Waals surface area contributed by atoms with Crippen LogP contribution in [0.3, 0.4) is 0 Å². The van der Waals surface area contributed by atoms with E-state index >= 15 is 0 Å². The van der Waals surface area contributed by atoms with E-state index in [2.05, 4.69) is 11.6 Å². The second kappa shape index (κ2) is 6.37. The number of rotatable bonds is 4. The Balaban J connectivity index is 2.08. The van der Waals surface area contributed by atoms with Gasteiger partial charge in [0.1, 0.15) is 5.60 Å². The van der Waals surface area contributed by atoms with Crippen LogP contribution in [0.25, 0.3) is 5.57 Å². The molecule has 6 heteroatoms. The van der Waals surface area contributed by atoms with Gasteiger partial charge in [0.15, 0.2) is 0 Å². The fourth-order valence-corrected chi connectivity index (χ4v) is 4.70. The zero-order valence-electron chi connectivity index (χ0n) is 14.3. The molecule has 1 aromatic heterocycles. The van der Waals surface area contributed by atoms with Crippen molar-refractivity contribution in [2.24, 2.45) is 0 Å². The summed E-state index contributed by atoms with van der Waals surface area (Å²) in [5.74, 6) is 0. The van der Waals surface area contributed by atoms with Crippen molar-refractivity contribution < 1.29 is 17.7 Å². The summed E-state index contributed by atoms with van der Waals surface area (Å²) < 4.78 is 31.5. The molecule has 1 aliphatic rings. The standard InChI is InChI=1S/C19H21NO4S/c1-13-6-7-17(15(3)11-13)25(22,23)24-19(12-21)9-8-14(2)18-16(19)5-4-10-20-18/h4-7,10-11,21H,2,8-9,12H2,1,3H3. The summed E-state index contributed by atoms with van der Waals surface area (Å²) in [4.78, 5) is 4.40. The molecule has 132 valence electrons. The predicted molar refractivity (Wildman–Crippen MR) is 95.5 cm³/mol. The highest BCUT2D eigenvalue weighted by Crippen LogP contribution is 2.43. The number of hydrogen-bond donors (Lipinski definition) is 1. The number of allylic oxidation sites excluding steroid dienone is 1. The average molecular weight is 359 g/mol. The summed E-state index contributed by atoms with van der Waals surface area (Å²) in [6, 6.07) is 8.50. The molecule has 1 heterocycles. The van der Waals surface area contributed by atoms with E-state index in [4.69, 9.17) is 4.18 Å². The van der Waals surface area contributed by atoms with Crippen molar-refractivity contribution in [3.63, 3.8) is 0 Å². The van der Waals surface area contributed by atoms with Crippen molar-refractivity contribution in [3.8, 4) is 0 Å². The highest BCUT2D eigenvalue weighted by Gasteiger charge is 2.43. The zero-order valence-corrected chi connectivity index (χ0v) is 15.1. The van der Waals surface area contributed by atoms with Crippen molar-refractivity contribution in [2.45, 2.75) is 37.2 Å². The third kappa shape index (κ3) is 3.13. The molecule has 25 heavy (non-hydrogen) atoms. The number of nitrogens with zero attached hydrogens (tertiary/aromatic N) is 1. The monoisotopic (exact) mass is 359 g/mol. The largest absolute Gasteiger partial charge is 0.393 e. The summed E-state index contributed by atoms with van der Waals surface area (Å²) in [5, 5.41) is 10.1. The summed E-state index contributed by atoms with van der Waals surface area (Å²) in [6.45, 7) is 7.16. The van der Waals surface area contributed by atoms with Crippen LogP contribution >= 0.6 is 0 Å². The molecule has 0 spiro atoms. The minimum absolute atomic E-state index is 0.112. The van der Waals surface area contributed by atoms with Crippen molar-refractivity contribution in [1.82, 2.24) is 4.98 Å². The number of aromatic nitrogens is 1. The number of aliphatic hydroxyl groups excluding tert-OH is 1. The van der Waals surface area contributed by atoms with E-state index in [-0.39, 0.29) is 4.90 Å². The first-order valence-electron chi connectivity index (χ1n) is 8.06. The van der Waals surface area contributed by atoms with Crippen LogP contribution in [0, 0.1) is 13.8 Å². The lowest BCUT2D eigenvalue weighted by Gasteiger charge is -2.36. The lowest BCUT2D eigenvalue weighted by molar-refractivity contribution is 0.00158. The quantitative estimate of drug-likeness (QED) is 0.849. The van der Waals surface area contributed by atoms with Gasteiger partial charge < -0.3 is 5.11 Å². The summed E-state index contributed by atoms with van der Waals surface area (Å²) in [7, 11) is -4.06. The first kappa shape index (κ1) is 17.8. The van der Waals surface area contributed by atoms with Crippen LogP contribution in [0.4, 0.5) is 0 Å². The maximum absolute atomic E-state index is 12.9. The molecule has 1 atom stereocenters. The van der Waals surface area contributed by atoms with Crippen LogP contribution < -0.4 is 0 Å². The third-order valence-electron chi connectivity index (χ3n) is 4.59. The minimum atomic E-state index is -4.06. The van der Waals surface area contributed by atoms with E-state index < -0.39 is 22.3 Å². The number of aliphatic hydroxyl groups is 1. The van der Waals surface area contributed by atoms with E-state index in [1.54, 1.807) is 37.4 Å². The molecule has 0 fully saturated rings. The van der Waals surface area contributed by atoms with Gasteiger partial charge in [0.05, 0.1) is 17.2 Å². The number of benzene rings is 1. The van der Waals surface area contributed by atoms with Gasteiger partial charge in [-0.3, -0.25) is 9.17 Å². The summed E-state index contributed by atoms with van der Waals surface area (Å²) in [5.41, 5.74) is 2.20. The van der Waals surface area contributed by atoms with E-state index in [0.717, 1.165) is 11.1 Å². The molecule has 0 amide bonds. The normalized spacial score (nSPS) is 20.4. The van der Waals surface area contributed by atoms with Gasteiger partial charge in [0.2, 0.25) is 0 Å². The number of pyridine rings is 1. The van der Waals surface area contributed by atoms with Crippen molar-refractivity contribution in [3.05, 3.63) is 65.5 Å². The Bertz CT molecular complexity index is 936. The maximum Gasteiger partial charge on any atom is 0.298 e. The zero-order chi connectivity index (χ0) is 18.2. The Morgan fingerprint density at radius 3 is 2.76 bits per heavy atom. The fourth-order valence-electron chi connectivity index (χ4n) is 3.27. The first-order valence-corrected chi connectivity index (χ1v) is 9.47. The Hall–Kier alpha value is -2.02. The number of hydrogen-bond acceptors (Lipinski definition) is 5. The summed E-state index contributed by atoms with van der Waals surface area (Å²) in [6.07, 6.45) is 2.45. The van der Waals surface area contributed by atoms with Gasteiger partial charge in [-0.2, -0.15) is 8.42 Å². The molecule has 0 aliphatic heterocycles. The fraction of sp³-hybridized carbons (Fsp3) is 0.316. The van der Waals surface area contributed by atoms with Crippen molar-refractivity contribution >= 4 is 15.7 Å². The Labute approximate surface area is 148 Å². The van der Waals surface area contributed by atoms with Crippen LogP contribution in [0.1, 0.15) is 35.2 Å². The molecule has 1 unspecified atom stereocenters. The second-order valence-corrected chi connectivity index (χ2v) is 7.98. The van der Waals surface area contributed by atoms with Crippen LogP contribution in [-0.4, -0.2) is 25.1 Å². The first-order chi connectivity index (χ1) is 11.8. The molecule has 5 nitrogen and oxygen atoms in total. The smallest absolute Gasteiger partial charge is 0.298 e. The van der Waals surface area contributed by atoms with Gasteiger partial charge in [-0.05, 0) is 50.0 Å². The van der Waals surface area contributed by atoms with E-state index in [1.807, 2.05) is 6.92 Å². The molecule has 0 bridgehead atoms. The predicted octanol–water partition coefficient (Wildman–Crippen LogP) is 3.10. The van der Waals surface area contributed by atoms with Crippen LogP contribution in [0.15, 0.2) is 48.0 Å². The second-order valence-electron chi connectivity index (χ2n) is 6.46. The Morgan fingerprint density at radius 1 is 1.32 bits per heavy atom.